The first-order valence-electron chi connectivity index (χ1n) is 6.05. The van der Waals surface area contributed by atoms with Gasteiger partial charge in [0.05, 0.1) is 11.1 Å². The molecule has 0 aliphatic rings. The Morgan fingerprint density at radius 1 is 0.905 bits per heavy atom. The zero-order valence-corrected chi connectivity index (χ0v) is 12.1. The van der Waals surface area contributed by atoms with E-state index >= 15 is 0 Å². The van der Waals surface area contributed by atoms with Crippen LogP contribution in [0.15, 0.2) is 53.1 Å². The van der Waals surface area contributed by atoms with Gasteiger partial charge in [-0.2, -0.15) is 13.2 Å². The van der Waals surface area contributed by atoms with E-state index in [1.807, 2.05) is 18.2 Å². The number of halogens is 4. The largest absolute Gasteiger partial charge is 0.416 e. The maximum absolute atomic E-state index is 12.8. The molecule has 2 nitrogen and oxygen atoms in total. The molecule has 2 aromatic carbocycles. The van der Waals surface area contributed by atoms with Crippen LogP contribution in [0.4, 0.5) is 13.2 Å². The molecule has 0 saturated heterocycles. The van der Waals surface area contributed by atoms with Gasteiger partial charge in [-0.3, -0.25) is 0 Å². The van der Waals surface area contributed by atoms with Crippen molar-refractivity contribution < 1.29 is 13.2 Å². The lowest BCUT2D eigenvalue weighted by molar-refractivity contribution is -0.137. The molecule has 0 N–H and O–H groups in total. The predicted octanol–water partition coefficient (Wildman–Crippen LogP) is 5.08. The minimum absolute atomic E-state index is 0.256. The highest BCUT2D eigenvalue weighted by Gasteiger charge is 2.30. The molecule has 106 valence electrons. The van der Waals surface area contributed by atoms with Crippen LogP contribution in [0.3, 0.4) is 0 Å². The molecule has 1 heterocycles. The van der Waals surface area contributed by atoms with E-state index in [0.29, 0.717) is 15.7 Å². The first-order chi connectivity index (χ1) is 9.95. The Labute approximate surface area is 126 Å². The van der Waals surface area contributed by atoms with Crippen molar-refractivity contribution in [3.8, 4) is 11.4 Å². The fraction of sp³-hybridized carbons (Fsp3) is 0.0667. The summed E-state index contributed by atoms with van der Waals surface area (Å²) in [5.74, 6) is 0.256. The van der Waals surface area contributed by atoms with Gasteiger partial charge in [-0.15, -0.1) is 0 Å². The van der Waals surface area contributed by atoms with Crippen LogP contribution in [0.25, 0.3) is 22.3 Å². The summed E-state index contributed by atoms with van der Waals surface area (Å²) in [6.45, 7) is 0. The van der Waals surface area contributed by atoms with Crippen molar-refractivity contribution in [3.63, 3.8) is 0 Å². The van der Waals surface area contributed by atoms with Gasteiger partial charge in [0.15, 0.2) is 5.82 Å². The zero-order chi connectivity index (χ0) is 15.0. The third-order valence-corrected chi connectivity index (χ3v) is 3.61. The van der Waals surface area contributed by atoms with Gasteiger partial charge >= 0.3 is 6.18 Å². The highest BCUT2D eigenvalue weighted by atomic mass is 79.9. The van der Waals surface area contributed by atoms with Crippen LogP contribution in [0.5, 0.6) is 0 Å². The molecule has 3 aromatic rings. The average molecular weight is 353 g/mol. The number of para-hydroxylation sites is 1. The zero-order valence-electron chi connectivity index (χ0n) is 10.5. The number of hydrogen-bond donors (Lipinski definition) is 0. The summed E-state index contributed by atoms with van der Waals surface area (Å²) < 4.78 is 38.9. The van der Waals surface area contributed by atoms with Gasteiger partial charge in [0, 0.05) is 10.9 Å². The van der Waals surface area contributed by atoms with Crippen molar-refractivity contribution in [3.05, 3.63) is 58.7 Å². The Morgan fingerprint density at radius 3 is 2.43 bits per heavy atom. The van der Waals surface area contributed by atoms with E-state index in [9.17, 15) is 13.2 Å². The van der Waals surface area contributed by atoms with E-state index in [1.54, 1.807) is 12.1 Å². The van der Waals surface area contributed by atoms with Crippen LogP contribution >= 0.6 is 15.9 Å². The molecule has 0 bridgehead atoms. The minimum Gasteiger partial charge on any atom is -0.228 e. The summed E-state index contributed by atoms with van der Waals surface area (Å²) in [5, 5.41) is 0.813. The topological polar surface area (TPSA) is 25.8 Å². The Hall–Kier alpha value is -1.95. The summed E-state index contributed by atoms with van der Waals surface area (Å²) in [6.07, 6.45) is -4.38. The van der Waals surface area contributed by atoms with Crippen LogP contribution < -0.4 is 0 Å². The number of fused-ring (bicyclic) bond motifs is 1. The second-order valence-corrected chi connectivity index (χ2v) is 5.18. The van der Waals surface area contributed by atoms with Crippen molar-refractivity contribution in [1.82, 2.24) is 9.97 Å². The summed E-state index contributed by atoms with van der Waals surface area (Å²) >= 11 is 3.33. The van der Waals surface area contributed by atoms with E-state index in [1.165, 1.54) is 6.07 Å². The molecule has 0 unspecified atom stereocenters. The SMILES string of the molecule is FC(F)(F)c1cccc(-c2nc(Br)c3ccccc3n2)c1. The lowest BCUT2D eigenvalue weighted by Crippen LogP contribution is -2.05. The fourth-order valence-electron chi connectivity index (χ4n) is 2.00. The van der Waals surface area contributed by atoms with Crippen molar-refractivity contribution in [2.45, 2.75) is 6.18 Å². The smallest absolute Gasteiger partial charge is 0.228 e. The van der Waals surface area contributed by atoms with Gasteiger partial charge in [-0.05, 0) is 34.1 Å². The Morgan fingerprint density at radius 2 is 1.67 bits per heavy atom. The Kier molecular flexibility index (Phi) is 3.41. The third kappa shape index (κ3) is 2.76. The van der Waals surface area contributed by atoms with E-state index in [4.69, 9.17) is 0 Å². The molecule has 0 fully saturated rings. The van der Waals surface area contributed by atoms with Crippen molar-refractivity contribution in [2.75, 3.05) is 0 Å². The molecule has 0 amide bonds. The molecule has 0 radical (unpaired) electrons. The quantitative estimate of drug-likeness (QED) is 0.571. The number of hydrogen-bond acceptors (Lipinski definition) is 2. The van der Waals surface area contributed by atoms with Gasteiger partial charge < -0.3 is 0 Å². The van der Waals surface area contributed by atoms with Crippen molar-refractivity contribution >= 4 is 26.8 Å². The number of rotatable bonds is 1. The van der Waals surface area contributed by atoms with E-state index in [2.05, 4.69) is 25.9 Å². The molecule has 0 aliphatic carbocycles. The lowest BCUT2D eigenvalue weighted by atomic mass is 10.1. The summed E-state index contributed by atoms with van der Waals surface area (Å²) in [5.41, 5.74) is 0.288. The monoisotopic (exact) mass is 352 g/mol. The molecular formula is C15H8BrF3N2. The van der Waals surface area contributed by atoms with Crippen LogP contribution in [-0.2, 0) is 6.18 Å². The van der Waals surface area contributed by atoms with E-state index < -0.39 is 11.7 Å². The molecule has 6 heteroatoms. The highest BCUT2D eigenvalue weighted by molar-refractivity contribution is 9.10. The van der Waals surface area contributed by atoms with Gasteiger partial charge in [0.25, 0.3) is 0 Å². The maximum Gasteiger partial charge on any atom is 0.416 e. The van der Waals surface area contributed by atoms with Crippen LogP contribution in [-0.4, -0.2) is 9.97 Å². The van der Waals surface area contributed by atoms with Crippen LogP contribution in [0, 0.1) is 0 Å². The van der Waals surface area contributed by atoms with Gasteiger partial charge in [-0.1, -0.05) is 30.3 Å². The molecule has 0 aliphatic heterocycles. The number of aromatic nitrogens is 2. The van der Waals surface area contributed by atoms with Crippen molar-refractivity contribution in [2.24, 2.45) is 0 Å². The van der Waals surface area contributed by atoms with Crippen LogP contribution in [0.2, 0.25) is 0 Å². The van der Waals surface area contributed by atoms with Crippen molar-refractivity contribution in [1.29, 1.82) is 0 Å². The second-order valence-electron chi connectivity index (χ2n) is 4.43. The van der Waals surface area contributed by atoms with Crippen LogP contribution in [0.1, 0.15) is 5.56 Å². The van der Waals surface area contributed by atoms with Gasteiger partial charge in [0.2, 0.25) is 0 Å². The minimum atomic E-state index is -4.38. The van der Waals surface area contributed by atoms with E-state index in [-0.39, 0.29) is 5.82 Å². The molecule has 0 saturated carbocycles. The van der Waals surface area contributed by atoms with Gasteiger partial charge in [0.1, 0.15) is 4.60 Å². The predicted molar refractivity (Wildman–Crippen MR) is 77.7 cm³/mol. The lowest BCUT2D eigenvalue weighted by Gasteiger charge is -2.09. The summed E-state index contributed by atoms with van der Waals surface area (Å²) in [4.78, 5) is 8.55. The summed E-state index contributed by atoms with van der Waals surface area (Å²) in [6, 6.07) is 12.3. The molecule has 0 atom stereocenters. The number of alkyl halides is 3. The standard InChI is InChI=1S/C15H8BrF3N2/c16-13-11-6-1-2-7-12(11)20-14(21-13)9-4-3-5-10(8-9)15(17,18)19/h1-8H. The maximum atomic E-state index is 12.8. The molecule has 0 spiro atoms. The van der Waals surface area contributed by atoms with Gasteiger partial charge in [-0.25, -0.2) is 9.97 Å². The highest BCUT2D eigenvalue weighted by Crippen LogP contribution is 2.32. The Bertz CT molecular complexity index is 815. The number of benzene rings is 2. The molecule has 21 heavy (non-hydrogen) atoms. The number of nitrogens with zero attached hydrogens (tertiary/aromatic N) is 2. The first kappa shape index (κ1) is 14.0. The molecular weight excluding hydrogens is 345 g/mol. The molecule has 3 rings (SSSR count). The van der Waals surface area contributed by atoms with E-state index in [0.717, 1.165) is 17.5 Å². The second kappa shape index (κ2) is 5.11. The molecule has 1 aromatic heterocycles. The fourth-order valence-corrected chi connectivity index (χ4v) is 2.50. The Balaban J connectivity index is 2.17. The third-order valence-electron chi connectivity index (χ3n) is 3.00. The normalized spacial score (nSPS) is 11.8. The summed E-state index contributed by atoms with van der Waals surface area (Å²) in [7, 11) is 0. The first-order valence-corrected chi connectivity index (χ1v) is 6.84. The average Bonchev–Trinajstić information content (AvgIpc) is 2.46.